The monoisotopic (exact) mass is 251 g/mol. The highest BCUT2D eigenvalue weighted by atomic mass is 16.5. The normalized spacial score (nSPS) is 18.8. The highest BCUT2D eigenvalue weighted by molar-refractivity contribution is 5.80. The smallest absolute Gasteiger partial charge is 0.328 e. The van der Waals surface area contributed by atoms with Crippen molar-refractivity contribution >= 4 is 11.8 Å². The molecule has 6 heteroatoms. The van der Waals surface area contributed by atoms with Crippen molar-refractivity contribution in [2.24, 2.45) is 0 Å². The quantitative estimate of drug-likeness (QED) is 0.744. The maximum absolute atomic E-state index is 11.7. The van der Waals surface area contributed by atoms with Gasteiger partial charge in [0.2, 0.25) is 5.88 Å². The van der Waals surface area contributed by atoms with Gasteiger partial charge in [0.05, 0.1) is 13.7 Å². The van der Waals surface area contributed by atoms with Crippen molar-refractivity contribution in [1.29, 1.82) is 0 Å². The van der Waals surface area contributed by atoms with E-state index in [1.165, 1.54) is 13.4 Å². The third-order valence-corrected chi connectivity index (χ3v) is 2.94. The summed E-state index contributed by atoms with van der Waals surface area (Å²) >= 11 is 0. The van der Waals surface area contributed by atoms with Crippen LogP contribution in [0.5, 0.6) is 5.88 Å². The lowest BCUT2D eigenvalue weighted by Gasteiger charge is -2.23. The summed E-state index contributed by atoms with van der Waals surface area (Å²) in [6.07, 6.45) is 3.20. The Labute approximate surface area is 106 Å². The summed E-state index contributed by atoms with van der Waals surface area (Å²) in [5.41, 5.74) is 0. The van der Waals surface area contributed by atoms with E-state index in [4.69, 9.17) is 9.47 Å². The summed E-state index contributed by atoms with van der Waals surface area (Å²) in [4.78, 5) is 21.8. The minimum atomic E-state index is -0.251. The van der Waals surface area contributed by atoms with Crippen LogP contribution in [0.1, 0.15) is 19.8 Å². The highest BCUT2D eigenvalue weighted by Crippen LogP contribution is 2.26. The number of esters is 1. The van der Waals surface area contributed by atoms with E-state index < -0.39 is 0 Å². The number of nitrogens with zero attached hydrogens (tertiary/aromatic N) is 3. The van der Waals surface area contributed by atoms with Gasteiger partial charge < -0.3 is 14.4 Å². The number of anilines is 1. The van der Waals surface area contributed by atoms with Gasteiger partial charge in [-0.15, -0.1) is 0 Å². The fourth-order valence-electron chi connectivity index (χ4n) is 2.14. The van der Waals surface area contributed by atoms with Gasteiger partial charge in [0, 0.05) is 12.6 Å². The van der Waals surface area contributed by atoms with E-state index in [1.807, 2.05) is 11.8 Å². The molecule has 0 saturated carbocycles. The molecule has 1 unspecified atom stereocenters. The lowest BCUT2D eigenvalue weighted by Crippen LogP contribution is -2.37. The summed E-state index contributed by atoms with van der Waals surface area (Å²) in [5, 5.41) is 0. The van der Waals surface area contributed by atoms with Crippen molar-refractivity contribution in [2.75, 3.05) is 25.2 Å². The van der Waals surface area contributed by atoms with Crippen LogP contribution < -0.4 is 9.64 Å². The number of hydrogen-bond acceptors (Lipinski definition) is 6. The minimum absolute atomic E-state index is 0.218. The summed E-state index contributed by atoms with van der Waals surface area (Å²) in [6.45, 7) is 3.24. The van der Waals surface area contributed by atoms with Gasteiger partial charge in [0.25, 0.3) is 0 Å². The molecular weight excluding hydrogens is 234 g/mol. The Kier molecular flexibility index (Phi) is 3.96. The first-order chi connectivity index (χ1) is 8.76. The van der Waals surface area contributed by atoms with Gasteiger partial charge in [0.15, 0.2) is 0 Å². The molecule has 1 fully saturated rings. The number of aromatic nitrogens is 2. The molecule has 0 aliphatic carbocycles. The van der Waals surface area contributed by atoms with E-state index >= 15 is 0 Å². The van der Waals surface area contributed by atoms with E-state index in [0.29, 0.717) is 18.3 Å². The molecule has 6 nitrogen and oxygen atoms in total. The third kappa shape index (κ3) is 2.52. The molecule has 0 aromatic carbocycles. The average Bonchev–Trinajstić information content (AvgIpc) is 2.88. The second-order valence-corrected chi connectivity index (χ2v) is 4.02. The number of carbonyl (C=O) groups is 1. The van der Waals surface area contributed by atoms with Gasteiger partial charge >= 0.3 is 5.97 Å². The zero-order chi connectivity index (χ0) is 13.0. The summed E-state index contributed by atoms with van der Waals surface area (Å²) in [5.74, 6) is 1.02. The van der Waals surface area contributed by atoms with E-state index in [0.717, 1.165) is 19.4 Å². The van der Waals surface area contributed by atoms with Crippen molar-refractivity contribution in [3.8, 4) is 5.88 Å². The van der Waals surface area contributed by atoms with Gasteiger partial charge in [0.1, 0.15) is 18.2 Å². The number of carbonyl (C=O) groups excluding carboxylic acids is 1. The van der Waals surface area contributed by atoms with Gasteiger partial charge in [-0.05, 0) is 19.8 Å². The molecule has 1 aromatic rings. The number of ether oxygens (including phenoxy) is 2. The molecule has 0 radical (unpaired) electrons. The van der Waals surface area contributed by atoms with Gasteiger partial charge in [-0.25, -0.2) is 14.8 Å². The molecule has 0 spiro atoms. The molecule has 1 atom stereocenters. The fourth-order valence-corrected chi connectivity index (χ4v) is 2.14. The summed E-state index contributed by atoms with van der Waals surface area (Å²) in [7, 11) is 1.41. The van der Waals surface area contributed by atoms with E-state index in [2.05, 4.69) is 9.97 Å². The molecule has 1 saturated heterocycles. The zero-order valence-electron chi connectivity index (χ0n) is 10.6. The topological polar surface area (TPSA) is 64.5 Å². The van der Waals surface area contributed by atoms with Crippen LogP contribution in [0.25, 0.3) is 0 Å². The predicted octanol–water partition coefficient (Wildman–Crippen LogP) is 1.02. The van der Waals surface area contributed by atoms with Crippen LogP contribution in [-0.2, 0) is 9.53 Å². The largest absolute Gasteiger partial charge is 0.478 e. The lowest BCUT2D eigenvalue weighted by molar-refractivity contribution is -0.141. The van der Waals surface area contributed by atoms with Crippen LogP contribution in [0.2, 0.25) is 0 Å². The Morgan fingerprint density at radius 1 is 1.56 bits per heavy atom. The molecule has 2 heterocycles. The van der Waals surface area contributed by atoms with Crippen molar-refractivity contribution in [3.63, 3.8) is 0 Å². The molecule has 0 amide bonds. The standard InChI is InChI=1S/C12H17N3O3/c1-3-18-11-7-10(13-8-14-11)15-6-4-5-9(15)12(16)17-2/h7-9H,3-6H2,1-2H3. The Morgan fingerprint density at radius 3 is 3.11 bits per heavy atom. The first-order valence-electron chi connectivity index (χ1n) is 6.05. The molecular formula is C12H17N3O3. The van der Waals surface area contributed by atoms with Gasteiger partial charge in [-0.2, -0.15) is 0 Å². The molecule has 1 aromatic heterocycles. The second kappa shape index (κ2) is 5.66. The molecule has 98 valence electrons. The Balaban J connectivity index is 2.19. The Hall–Kier alpha value is -1.85. The fraction of sp³-hybridized carbons (Fsp3) is 0.583. The van der Waals surface area contributed by atoms with E-state index in [1.54, 1.807) is 6.07 Å². The molecule has 2 rings (SSSR count). The zero-order valence-corrected chi connectivity index (χ0v) is 10.6. The lowest BCUT2D eigenvalue weighted by atomic mass is 10.2. The second-order valence-electron chi connectivity index (χ2n) is 4.02. The van der Waals surface area contributed by atoms with E-state index in [9.17, 15) is 4.79 Å². The highest BCUT2D eigenvalue weighted by Gasteiger charge is 2.32. The summed E-state index contributed by atoms with van der Waals surface area (Å²) < 4.78 is 10.1. The SMILES string of the molecule is CCOc1cc(N2CCCC2C(=O)OC)ncn1. The third-order valence-electron chi connectivity index (χ3n) is 2.94. The van der Waals surface area contributed by atoms with Crippen molar-refractivity contribution in [1.82, 2.24) is 9.97 Å². The molecule has 18 heavy (non-hydrogen) atoms. The average molecular weight is 251 g/mol. The van der Waals surface area contributed by atoms with Crippen molar-refractivity contribution < 1.29 is 14.3 Å². The minimum Gasteiger partial charge on any atom is -0.478 e. The van der Waals surface area contributed by atoms with Gasteiger partial charge in [-0.1, -0.05) is 0 Å². The van der Waals surface area contributed by atoms with Gasteiger partial charge in [-0.3, -0.25) is 0 Å². The number of hydrogen-bond donors (Lipinski definition) is 0. The number of methoxy groups -OCH3 is 1. The molecule has 0 bridgehead atoms. The summed E-state index contributed by atoms with van der Waals surface area (Å²) in [6, 6.07) is 1.50. The molecule has 1 aliphatic rings. The maximum atomic E-state index is 11.7. The molecule has 0 N–H and O–H groups in total. The first-order valence-corrected chi connectivity index (χ1v) is 6.05. The van der Waals surface area contributed by atoms with Crippen LogP contribution in [-0.4, -0.2) is 42.2 Å². The predicted molar refractivity (Wildman–Crippen MR) is 65.6 cm³/mol. The Bertz CT molecular complexity index is 425. The van der Waals surface area contributed by atoms with Crippen molar-refractivity contribution in [3.05, 3.63) is 12.4 Å². The van der Waals surface area contributed by atoms with Crippen LogP contribution in [0.3, 0.4) is 0 Å². The first kappa shape index (κ1) is 12.6. The number of rotatable bonds is 4. The Morgan fingerprint density at radius 2 is 2.39 bits per heavy atom. The van der Waals surface area contributed by atoms with E-state index in [-0.39, 0.29) is 12.0 Å². The molecule has 1 aliphatic heterocycles. The van der Waals surface area contributed by atoms with Crippen molar-refractivity contribution in [2.45, 2.75) is 25.8 Å². The van der Waals surface area contributed by atoms with Crippen LogP contribution in [0, 0.1) is 0 Å². The van der Waals surface area contributed by atoms with Crippen LogP contribution >= 0.6 is 0 Å². The van der Waals surface area contributed by atoms with Crippen LogP contribution in [0.4, 0.5) is 5.82 Å². The van der Waals surface area contributed by atoms with Crippen LogP contribution in [0.15, 0.2) is 12.4 Å². The maximum Gasteiger partial charge on any atom is 0.328 e.